The number of carbonyl (C=O) groups is 2. The van der Waals surface area contributed by atoms with Crippen LogP contribution in [0.4, 0.5) is 5.69 Å². The van der Waals surface area contributed by atoms with Crippen molar-refractivity contribution >= 4 is 50.7 Å². The van der Waals surface area contributed by atoms with Crippen LogP contribution in [0.25, 0.3) is 0 Å². The maximum absolute atomic E-state index is 13.9. The number of rotatable bonds is 13. The van der Waals surface area contributed by atoms with Gasteiger partial charge in [0.05, 0.1) is 11.9 Å². The SMILES string of the molecule is Cc1ccc(Cl)cc1N(CCCC(=O)N(Cc1ccc(Cl)cc1)[C@@H](Cc1ccccc1)C(=O)NC(C)C)S(C)(=O)=O. The topological polar surface area (TPSA) is 86.8 Å². The fourth-order valence-electron chi connectivity index (χ4n) is 4.55. The molecule has 3 aromatic carbocycles. The Morgan fingerprint density at radius 2 is 1.54 bits per heavy atom. The van der Waals surface area contributed by atoms with Gasteiger partial charge in [-0.15, -0.1) is 0 Å². The van der Waals surface area contributed by atoms with Gasteiger partial charge < -0.3 is 10.2 Å². The molecule has 0 aliphatic carbocycles. The molecule has 0 saturated heterocycles. The molecule has 41 heavy (non-hydrogen) atoms. The van der Waals surface area contributed by atoms with E-state index in [4.69, 9.17) is 23.2 Å². The van der Waals surface area contributed by atoms with Crippen molar-refractivity contribution in [1.82, 2.24) is 10.2 Å². The first-order valence-corrected chi connectivity index (χ1v) is 16.1. The highest BCUT2D eigenvalue weighted by atomic mass is 35.5. The van der Waals surface area contributed by atoms with Gasteiger partial charge in [-0.1, -0.05) is 71.7 Å². The zero-order valence-electron chi connectivity index (χ0n) is 23.8. The van der Waals surface area contributed by atoms with E-state index in [9.17, 15) is 18.0 Å². The summed E-state index contributed by atoms with van der Waals surface area (Å²) in [5, 5.41) is 3.96. The Morgan fingerprint density at radius 3 is 2.15 bits per heavy atom. The van der Waals surface area contributed by atoms with Crippen LogP contribution in [0.5, 0.6) is 0 Å². The van der Waals surface area contributed by atoms with Crippen LogP contribution in [-0.4, -0.2) is 50.0 Å². The van der Waals surface area contributed by atoms with Gasteiger partial charge in [-0.3, -0.25) is 13.9 Å². The summed E-state index contributed by atoms with van der Waals surface area (Å²) < 4.78 is 26.7. The average molecular weight is 619 g/mol. The number of sulfonamides is 1. The third-order valence-electron chi connectivity index (χ3n) is 6.56. The average Bonchev–Trinajstić information content (AvgIpc) is 2.90. The Labute approximate surface area is 253 Å². The summed E-state index contributed by atoms with van der Waals surface area (Å²) in [6, 6.07) is 20.9. The number of aryl methyl sites for hydroxylation is 1. The quantitative estimate of drug-likeness (QED) is 0.254. The zero-order valence-corrected chi connectivity index (χ0v) is 26.1. The highest BCUT2D eigenvalue weighted by molar-refractivity contribution is 7.92. The van der Waals surface area contributed by atoms with Gasteiger partial charge >= 0.3 is 0 Å². The van der Waals surface area contributed by atoms with Crippen molar-refractivity contribution in [2.75, 3.05) is 17.1 Å². The minimum absolute atomic E-state index is 0.0411. The molecule has 220 valence electrons. The van der Waals surface area contributed by atoms with Gasteiger partial charge in [-0.05, 0) is 68.1 Å². The summed E-state index contributed by atoms with van der Waals surface area (Å²) in [7, 11) is -3.64. The summed E-state index contributed by atoms with van der Waals surface area (Å²) in [6.45, 7) is 5.84. The van der Waals surface area contributed by atoms with Crippen LogP contribution in [0.2, 0.25) is 10.0 Å². The van der Waals surface area contributed by atoms with Gasteiger partial charge in [0.15, 0.2) is 0 Å². The standard InChI is InChI=1S/C31H37Cl2N3O4S/c1-22(2)34-31(38)29(19-24-9-6-5-7-10-24)35(21-25-13-16-26(32)17-14-25)30(37)11-8-18-36(41(4,39)40)28-20-27(33)15-12-23(28)3/h5-7,9-10,12-17,20,22,29H,8,11,18-19,21H2,1-4H3,(H,34,38)/t29-/m0/s1. The molecule has 0 heterocycles. The molecule has 10 heteroatoms. The van der Waals surface area contributed by atoms with Crippen LogP contribution in [0.1, 0.15) is 43.4 Å². The van der Waals surface area contributed by atoms with Gasteiger partial charge in [0, 0.05) is 42.0 Å². The van der Waals surface area contributed by atoms with Crippen molar-refractivity contribution in [3.63, 3.8) is 0 Å². The number of nitrogens with one attached hydrogen (secondary N) is 1. The second-order valence-corrected chi connectivity index (χ2v) is 13.2. The van der Waals surface area contributed by atoms with Crippen LogP contribution < -0.4 is 9.62 Å². The minimum atomic E-state index is -3.64. The van der Waals surface area contributed by atoms with Gasteiger partial charge in [-0.25, -0.2) is 8.42 Å². The zero-order chi connectivity index (χ0) is 30.2. The first-order valence-electron chi connectivity index (χ1n) is 13.5. The smallest absolute Gasteiger partial charge is 0.243 e. The number of nitrogens with zero attached hydrogens (tertiary/aromatic N) is 2. The van der Waals surface area contributed by atoms with E-state index >= 15 is 0 Å². The lowest BCUT2D eigenvalue weighted by molar-refractivity contribution is -0.141. The molecule has 3 rings (SSSR count). The van der Waals surface area contributed by atoms with E-state index in [-0.39, 0.29) is 43.8 Å². The van der Waals surface area contributed by atoms with Crippen molar-refractivity contribution in [3.8, 4) is 0 Å². The predicted octanol–water partition coefficient (Wildman–Crippen LogP) is 6.01. The third kappa shape index (κ3) is 9.76. The Balaban J connectivity index is 1.89. The lowest BCUT2D eigenvalue weighted by atomic mass is 10.0. The molecule has 0 unspecified atom stereocenters. The molecule has 1 atom stereocenters. The third-order valence-corrected chi connectivity index (χ3v) is 8.23. The first kappa shape index (κ1) is 32.4. The van der Waals surface area contributed by atoms with E-state index in [2.05, 4.69) is 5.32 Å². The lowest BCUT2D eigenvalue weighted by Gasteiger charge is -2.32. The van der Waals surface area contributed by atoms with Crippen molar-refractivity contribution < 1.29 is 18.0 Å². The van der Waals surface area contributed by atoms with Gasteiger partial charge in [0.25, 0.3) is 0 Å². The van der Waals surface area contributed by atoms with Gasteiger partial charge in [0.2, 0.25) is 21.8 Å². The molecule has 0 aromatic heterocycles. The molecule has 0 spiro atoms. The van der Waals surface area contributed by atoms with E-state index in [0.29, 0.717) is 22.2 Å². The second kappa shape index (κ2) is 14.7. The maximum atomic E-state index is 13.9. The minimum Gasteiger partial charge on any atom is -0.352 e. The van der Waals surface area contributed by atoms with Crippen molar-refractivity contribution in [1.29, 1.82) is 0 Å². The normalized spacial score (nSPS) is 12.2. The number of hydrogen-bond donors (Lipinski definition) is 1. The molecular weight excluding hydrogens is 581 g/mol. The van der Waals surface area contributed by atoms with Crippen LogP contribution in [0, 0.1) is 6.92 Å². The molecule has 0 aliphatic rings. The summed E-state index contributed by atoms with van der Waals surface area (Å²) in [4.78, 5) is 28.9. The monoisotopic (exact) mass is 617 g/mol. The first-order chi connectivity index (χ1) is 19.3. The van der Waals surface area contributed by atoms with Crippen LogP contribution >= 0.6 is 23.2 Å². The predicted molar refractivity (Wildman–Crippen MR) is 167 cm³/mol. The maximum Gasteiger partial charge on any atom is 0.243 e. The fourth-order valence-corrected chi connectivity index (χ4v) is 5.86. The molecule has 0 saturated carbocycles. The van der Waals surface area contributed by atoms with Crippen LogP contribution in [0.3, 0.4) is 0 Å². The number of halogens is 2. The molecule has 0 aliphatic heterocycles. The van der Waals surface area contributed by atoms with E-state index in [0.717, 1.165) is 22.9 Å². The molecule has 3 aromatic rings. The highest BCUT2D eigenvalue weighted by Gasteiger charge is 2.31. The lowest BCUT2D eigenvalue weighted by Crippen LogP contribution is -2.51. The Morgan fingerprint density at radius 1 is 0.902 bits per heavy atom. The number of anilines is 1. The highest BCUT2D eigenvalue weighted by Crippen LogP contribution is 2.27. The molecule has 0 fully saturated rings. The second-order valence-electron chi connectivity index (χ2n) is 10.4. The summed E-state index contributed by atoms with van der Waals surface area (Å²) in [6.07, 6.45) is 1.75. The summed E-state index contributed by atoms with van der Waals surface area (Å²) in [5.41, 5.74) is 2.98. The van der Waals surface area contributed by atoms with E-state index in [1.807, 2.05) is 63.2 Å². The fraction of sp³-hybridized carbons (Fsp3) is 0.355. The number of hydrogen-bond acceptors (Lipinski definition) is 4. The molecule has 7 nitrogen and oxygen atoms in total. The molecular formula is C31H37Cl2N3O4S. The van der Waals surface area contributed by atoms with E-state index in [1.165, 1.54) is 4.31 Å². The Bertz CT molecular complexity index is 1430. The van der Waals surface area contributed by atoms with E-state index < -0.39 is 16.1 Å². The van der Waals surface area contributed by atoms with Crippen LogP contribution in [-0.2, 0) is 32.6 Å². The number of benzene rings is 3. The number of amides is 2. The van der Waals surface area contributed by atoms with Crippen molar-refractivity contribution in [3.05, 3.63) is 99.5 Å². The van der Waals surface area contributed by atoms with Crippen molar-refractivity contribution in [2.45, 2.75) is 58.7 Å². The van der Waals surface area contributed by atoms with Crippen molar-refractivity contribution in [2.24, 2.45) is 0 Å². The van der Waals surface area contributed by atoms with Crippen LogP contribution in [0.15, 0.2) is 72.8 Å². The molecule has 2 amide bonds. The molecule has 0 radical (unpaired) electrons. The summed E-state index contributed by atoms with van der Waals surface area (Å²) >= 11 is 12.3. The molecule has 1 N–H and O–H groups in total. The largest absolute Gasteiger partial charge is 0.352 e. The van der Waals surface area contributed by atoms with Gasteiger partial charge in [0.1, 0.15) is 6.04 Å². The molecule has 0 bridgehead atoms. The summed E-state index contributed by atoms with van der Waals surface area (Å²) in [5.74, 6) is -0.505. The Kier molecular flexibility index (Phi) is 11.6. The van der Waals surface area contributed by atoms with Gasteiger partial charge in [-0.2, -0.15) is 0 Å². The van der Waals surface area contributed by atoms with E-state index in [1.54, 1.807) is 35.2 Å². The number of carbonyl (C=O) groups excluding carboxylic acids is 2. The Hall–Kier alpha value is -3.07.